The largest absolute Gasteiger partial charge is 0.176 e. The van der Waals surface area contributed by atoms with E-state index in [1.54, 1.807) is 0 Å². The molecule has 0 aliphatic carbocycles. The first-order valence-electron chi connectivity index (χ1n) is 2.62. The van der Waals surface area contributed by atoms with Gasteiger partial charge < -0.3 is 0 Å². The molecule has 0 nitrogen and oxygen atoms in total. The zero-order valence-electron chi connectivity index (χ0n) is 5.52. The lowest BCUT2D eigenvalue weighted by atomic mass is 9.93. The SMILES string of the molecule is CC(S)C(C)(C)C. The molecule has 0 aromatic heterocycles. The fourth-order valence-corrected chi connectivity index (χ4v) is 0. The molecule has 0 N–H and O–H groups in total. The molecular formula is C6H14S. The molecule has 0 aliphatic rings. The first kappa shape index (κ1) is 7.35. The molecule has 0 radical (unpaired) electrons. The number of hydrogen-bond acceptors (Lipinski definition) is 1. The van der Waals surface area contributed by atoms with Gasteiger partial charge in [-0.05, 0) is 5.41 Å². The summed E-state index contributed by atoms with van der Waals surface area (Å²) in [7, 11) is 0. The molecule has 1 atom stereocenters. The van der Waals surface area contributed by atoms with Crippen LogP contribution in [0.4, 0.5) is 0 Å². The van der Waals surface area contributed by atoms with E-state index in [1.165, 1.54) is 0 Å². The van der Waals surface area contributed by atoms with Crippen LogP contribution >= 0.6 is 12.6 Å². The van der Waals surface area contributed by atoms with Crippen LogP contribution in [-0.4, -0.2) is 5.25 Å². The minimum absolute atomic E-state index is 0.364. The van der Waals surface area contributed by atoms with Gasteiger partial charge in [-0.2, -0.15) is 12.6 Å². The second kappa shape index (κ2) is 2.08. The molecule has 0 aromatic rings. The van der Waals surface area contributed by atoms with Crippen LogP contribution in [0.2, 0.25) is 0 Å². The Labute approximate surface area is 51.7 Å². The third-order valence-corrected chi connectivity index (χ3v) is 2.03. The van der Waals surface area contributed by atoms with E-state index in [4.69, 9.17) is 0 Å². The Morgan fingerprint density at radius 3 is 1.43 bits per heavy atom. The Bertz CT molecular complexity index is 49.7. The third kappa shape index (κ3) is 2.98. The first-order chi connectivity index (χ1) is 2.94. The van der Waals surface area contributed by atoms with Gasteiger partial charge in [0.05, 0.1) is 0 Å². The number of thiol groups is 1. The van der Waals surface area contributed by atoms with Crippen LogP contribution in [0, 0.1) is 5.41 Å². The van der Waals surface area contributed by atoms with E-state index in [1.807, 2.05) is 0 Å². The summed E-state index contributed by atoms with van der Waals surface area (Å²) < 4.78 is 0. The smallest absolute Gasteiger partial charge is 0.00370 e. The predicted molar refractivity (Wildman–Crippen MR) is 37.9 cm³/mol. The van der Waals surface area contributed by atoms with Crippen molar-refractivity contribution >= 4 is 12.6 Å². The van der Waals surface area contributed by atoms with Crippen molar-refractivity contribution < 1.29 is 0 Å². The number of hydrogen-bond donors (Lipinski definition) is 1. The zero-order valence-corrected chi connectivity index (χ0v) is 6.42. The van der Waals surface area contributed by atoms with Gasteiger partial charge in [0.15, 0.2) is 0 Å². The van der Waals surface area contributed by atoms with E-state index in [0.717, 1.165) is 0 Å². The van der Waals surface area contributed by atoms with E-state index in [9.17, 15) is 0 Å². The molecule has 0 saturated heterocycles. The summed E-state index contributed by atoms with van der Waals surface area (Å²) in [5.41, 5.74) is 0.364. The molecular weight excluding hydrogens is 104 g/mol. The highest BCUT2D eigenvalue weighted by Crippen LogP contribution is 2.22. The van der Waals surface area contributed by atoms with Crippen LogP contribution in [0.15, 0.2) is 0 Å². The van der Waals surface area contributed by atoms with Gasteiger partial charge in [-0.25, -0.2) is 0 Å². The fraction of sp³-hybridized carbons (Fsp3) is 1.00. The zero-order chi connectivity index (χ0) is 6.08. The first-order valence-corrected chi connectivity index (χ1v) is 3.14. The fourth-order valence-electron chi connectivity index (χ4n) is 0. The highest BCUT2D eigenvalue weighted by Gasteiger charge is 2.14. The molecule has 0 aliphatic heterocycles. The Morgan fingerprint density at radius 2 is 1.43 bits per heavy atom. The summed E-state index contributed by atoms with van der Waals surface area (Å²) in [6, 6.07) is 0. The Hall–Kier alpha value is 0.350. The molecule has 0 aromatic carbocycles. The second-order valence-electron chi connectivity index (χ2n) is 3.04. The van der Waals surface area contributed by atoms with Crippen LogP contribution < -0.4 is 0 Å². The third-order valence-electron chi connectivity index (χ3n) is 1.25. The van der Waals surface area contributed by atoms with E-state index in [0.29, 0.717) is 10.7 Å². The maximum atomic E-state index is 4.28. The lowest BCUT2D eigenvalue weighted by molar-refractivity contribution is 0.413. The van der Waals surface area contributed by atoms with Crippen LogP contribution in [0.3, 0.4) is 0 Å². The van der Waals surface area contributed by atoms with Crippen molar-refractivity contribution in [1.82, 2.24) is 0 Å². The van der Waals surface area contributed by atoms with Gasteiger partial charge in [-0.15, -0.1) is 0 Å². The van der Waals surface area contributed by atoms with Gasteiger partial charge in [0.2, 0.25) is 0 Å². The van der Waals surface area contributed by atoms with Gasteiger partial charge in [0.25, 0.3) is 0 Å². The Balaban J connectivity index is 3.54. The van der Waals surface area contributed by atoms with E-state index >= 15 is 0 Å². The van der Waals surface area contributed by atoms with Crippen molar-refractivity contribution in [2.75, 3.05) is 0 Å². The molecule has 0 heterocycles. The van der Waals surface area contributed by atoms with Crippen molar-refractivity contribution in [2.45, 2.75) is 32.9 Å². The van der Waals surface area contributed by atoms with Crippen molar-refractivity contribution in [1.29, 1.82) is 0 Å². The van der Waals surface area contributed by atoms with Gasteiger partial charge in [-0.3, -0.25) is 0 Å². The number of rotatable bonds is 0. The minimum Gasteiger partial charge on any atom is -0.176 e. The average molecular weight is 118 g/mol. The molecule has 0 amide bonds. The molecule has 0 saturated carbocycles. The van der Waals surface area contributed by atoms with Crippen molar-refractivity contribution in [3.05, 3.63) is 0 Å². The van der Waals surface area contributed by atoms with Crippen molar-refractivity contribution in [3.8, 4) is 0 Å². The maximum absolute atomic E-state index is 4.28. The lowest BCUT2D eigenvalue weighted by Gasteiger charge is -2.21. The normalized spacial score (nSPS) is 16.7. The van der Waals surface area contributed by atoms with Crippen LogP contribution in [0.25, 0.3) is 0 Å². The van der Waals surface area contributed by atoms with Gasteiger partial charge >= 0.3 is 0 Å². The summed E-state index contributed by atoms with van der Waals surface area (Å²) in [6.07, 6.45) is 0. The summed E-state index contributed by atoms with van der Waals surface area (Å²) in [6.45, 7) is 8.67. The van der Waals surface area contributed by atoms with Crippen LogP contribution in [0.5, 0.6) is 0 Å². The molecule has 7 heavy (non-hydrogen) atoms. The summed E-state index contributed by atoms with van der Waals surface area (Å²) in [4.78, 5) is 0. The maximum Gasteiger partial charge on any atom is 0.00370 e. The van der Waals surface area contributed by atoms with Crippen molar-refractivity contribution in [2.24, 2.45) is 5.41 Å². The average Bonchev–Trinajstić information content (AvgIpc) is 1.31. The monoisotopic (exact) mass is 118 g/mol. The predicted octanol–water partition coefficient (Wildman–Crippen LogP) is 2.35. The van der Waals surface area contributed by atoms with Crippen molar-refractivity contribution in [3.63, 3.8) is 0 Å². The summed E-state index contributed by atoms with van der Waals surface area (Å²) in [5, 5.41) is 0.493. The van der Waals surface area contributed by atoms with E-state index < -0.39 is 0 Å². The van der Waals surface area contributed by atoms with Gasteiger partial charge in [-0.1, -0.05) is 27.7 Å². The van der Waals surface area contributed by atoms with Crippen LogP contribution in [-0.2, 0) is 0 Å². The highest BCUT2D eigenvalue weighted by molar-refractivity contribution is 7.81. The molecule has 0 bridgehead atoms. The summed E-state index contributed by atoms with van der Waals surface area (Å²) >= 11 is 4.28. The summed E-state index contributed by atoms with van der Waals surface area (Å²) in [5.74, 6) is 0. The molecule has 0 rings (SSSR count). The quantitative estimate of drug-likeness (QED) is 0.464. The van der Waals surface area contributed by atoms with Crippen LogP contribution in [0.1, 0.15) is 27.7 Å². The molecule has 1 heteroatoms. The van der Waals surface area contributed by atoms with E-state index in [2.05, 4.69) is 40.3 Å². The molecule has 0 fully saturated rings. The second-order valence-corrected chi connectivity index (χ2v) is 3.82. The Morgan fingerprint density at radius 1 is 1.29 bits per heavy atom. The van der Waals surface area contributed by atoms with Gasteiger partial charge in [0, 0.05) is 5.25 Å². The molecule has 0 spiro atoms. The highest BCUT2D eigenvalue weighted by atomic mass is 32.1. The Kier molecular flexibility index (Phi) is 2.18. The topological polar surface area (TPSA) is 0 Å². The standard InChI is InChI=1S/C6H14S/c1-5(7)6(2,3)4/h5,7H,1-4H3. The van der Waals surface area contributed by atoms with E-state index in [-0.39, 0.29) is 0 Å². The lowest BCUT2D eigenvalue weighted by Crippen LogP contribution is -2.16. The molecule has 44 valence electrons. The molecule has 1 unspecified atom stereocenters. The minimum atomic E-state index is 0.364. The van der Waals surface area contributed by atoms with Gasteiger partial charge in [0.1, 0.15) is 0 Å².